The van der Waals surface area contributed by atoms with Crippen LogP contribution >= 0.6 is 7.82 Å². The highest BCUT2D eigenvalue weighted by Crippen LogP contribution is 2.51. The largest absolute Gasteiger partial charge is 0.647 e. The Morgan fingerprint density at radius 3 is 0.958 bits per heavy atom. The molecule has 3 aromatic heterocycles. The summed E-state index contributed by atoms with van der Waals surface area (Å²) >= 11 is 0. The first kappa shape index (κ1) is 44.2. The molecule has 0 atom stereocenters. The van der Waals surface area contributed by atoms with E-state index in [9.17, 15) is 14.4 Å². The Bertz CT molecular complexity index is 3370. The maximum Gasteiger partial charge on any atom is 0.647 e. The highest BCUT2D eigenvalue weighted by atomic mass is 31.2. The van der Waals surface area contributed by atoms with E-state index >= 15 is 4.57 Å². The van der Waals surface area contributed by atoms with E-state index in [4.69, 9.17) is 13.6 Å². The lowest BCUT2D eigenvalue weighted by Crippen LogP contribution is -2.17. The molecule has 0 saturated carbocycles. The number of anilines is 3. The average Bonchev–Trinajstić information content (AvgIpc) is 4.23. The van der Waals surface area contributed by atoms with Crippen molar-refractivity contribution in [3.05, 3.63) is 176 Å². The van der Waals surface area contributed by atoms with Gasteiger partial charge in [0.15, 0.2) is 16.3 Å². The van der Waals surface area contributed by atoms with Gasteiger partial charge in [-0.3, -0.25) is 14.4 Å². The second kappa shape index (κ2) is 18.4. The van der Waals surface area contributed by atoms with Crippen LogP contribution in [0.3, 0.4) is 0 Å². The zero-order valence-corrected chi connectivity index (χ0v) is 39.9. The van der Waals surface area contributed by atoms with Crippen LogP contribution in [0.1, 0.15) is 38.5 Å². The molecule has 3 aliphatic rings. The predicted molar refractivity (Wildman–Crippen MR) is 284 cm³/mol. The van der Waals surface area contributed by atoms with Gasteiger partial charge in [0.2, 0.25) is 0 Å². The van der Waals surface area contributed by atoms with Gasteiger partial charge in [0.05, 0.1) is 0 Å². The molecule has 6 heterocycles. The third-order valence-electron chi connectivity index (χ3n) is 13.9. The maximum atomic E-state index is 15.3. The van der Waals surface area contributed by atoms with Crippen LogP contribution in [0.15, 0.2) is 160 Å². The van der Waals surface area contributed by atoms with Gasteiger partial charge in [-0.15, -0.1) is 0 Å². The standard InChI is InChI=1S/C57H51N6O7P/c64-55-34-52(58-49-19-16-40(31-46(49)55)61-22-1-2-23-61)37-10-7-13-43(28-37)68-71(67,69-44-14-8-11-38(29-44)53-35-56(65)47-32-41(17-20-50(47)59-53)62-24-3-4-25-62)70-45-15-9-12-39(30-45)54-36-57(66)48-33-42(18-21-51(48)60-54)63-26-5-6-27-63/h7-21,28-36H,1-6,22-27H2,(H,58,64)(H,59,65)(H,60,66). The van der Waals surface area contributed by atoms with Crippen LogP contribution in [0.5, 0.6) is 17.2 Å². The summed E-state index contributed by atoms with van der Waals surface area (Å²) in [6.45, 7) is 5.83. The Balaban J connectivity index is 0.874. The molecule has 6 aromatic carbocycles. The van der Waals surface area contributed by atoms with Crippen LogP contribution < -0.4 is 44.6 Å². The summed E-state index contributed by atoms with van der Waals surface area (Å²) in [7, 11) is -4.64. The number of hydrogen-bond acceptors (Lipinski definition) is 10. The molecular formula is C57H51N6O7P. The Labute approximate surface area is 408 Å². The van der Waals surface area contributed by atoms with Crippen LogP contribution in [0.2, 0.25) is 0 Å². The smallest absolute Gasteiger partial charge is 0.386 e. The minimum atomic E-state index is -4.64. The van der Waals surface area contributed by atoms with Crippen molar-refractivity contribution in [2.45, 2.75) is 38.5 Å². The predicted octanol–water partition coefficient (Wildman–Crippen LogP) is 11.7. The Morgan fingerprint density at radius 1 is 0.366 bits per heavy atom. The van der Waals surface area contributed by atoms with Crippen molar-refractivity contribution < 1.29 is 18.1 Å². The Kier molecular flexibility index (Phi) is 11.4. The molecule has 3 saturated heterocycles. The minimum absolute atomic E-state index is 0.127. The fourth-order valence-electron chi connectivity index (χ4n) is 10.3. The molecule has 14 heteroatoms. The summed E-state index contributed by atoms with van der Waals surface area (Å²) in [6, 6.07) is 43.1. The highest BCUT2D eigenvalue weighted by Gasteiger charge is 2.34. The van der Waals surface area contributed by atoms with Gasteiger partial charge in [0.25, 0.3) is 0 Å². The molecule has 3 fully saturated rings. The molecule has 0 radical (unpaired) electrons. The molecule has 0 aliphatic carbocycles. The molecule has 356 valence electrons. The van der Waals surface area contributed by atoms with Crippen molar-refractivity contribution in [2.75, 3.05) is 54.0 Å². The van der Waals surface area contributed by atoms with E-state index in [-0.39, 0.29) is 33.5 Å². The van der Waals surface area contributed by atoms with E-state index in [0.717, 1.165) is 94.9 Å². The molecule has 0 spiro atoms. The van der Waals surface area contributed by atoms with Gasteiger partial charge in [-0.1, -0.05) is 36.4 Å². The van der Waals surface area contributed by atoms with E-state index in [0.29, 0.717) is 66.5 Å². The number of H-pyrrole nitrogens is 3. The van der Waals surface area contributed by atoms with E-state index in [2.05, 4.69) is 29.7 Å². The van der Waals surface area contributed by atoms with Crippen LogP contribution in [0, 0.1) is 0 Å². The topological polar surface area (TPSA) is 153 Å². The third kappa shape index (κ3) is 9.05. The van der Waals surface area contributed by atoms with Gasteiger partial charge in [0.1, 0.15) is 17.2 Å². The van der Waals surface area contributed by atoms with Gasteiger partial charge in [0, 0.05) is 141 Å². The number of phosphoric ester groups is 1. The number of phosphoric acid groups is 1. The summed E-state index contributed by atoms with van der Waals surface area (Å²) in [5.74, 6) is 0.466. The van der Waals surface area contributed by atoms with Gasteiger partial charge in [-0.2, -0.15) is 4.57 Å². The number of nitrogens with zero attached hydrogens (tertiary/aromatic N) is 3. The summed E-state index contributed by atoms with van der Waals surface area (Å²) in [5, 5.41) is 1.79. The number of hydrogen-bond donors (Lipinski definition) is 3. The van der Waals surface area contributed by atoms with Crippen molar-refractivity contribution in [1.82, 2.24) is 15.0 Å². The van der Waals surface area contributed by atoms with Crippen LogP contribution in [0.25, 0.3) is 66.5 Å². The molecule has 0 unspecified atom stereocenters. The van der Waals surface area contributed by atoms with Crippen molar-refractivity contribution in [3.8, 4) is 51.0 Å². The van der Waals surface area contributed by atoms with E-state index in [1.165, 1.54) is 0 Å². The quantitative estimate of drug-likeness (QED) is 0.101. The molecule has 9 aromatic rings. The lowest BCUT2D eigenvalue weighted by atomic mass is 10.1. The molecule has 3 N–H and O–H groups in total. The second-order valence-corrected chi connectivity index (χ2v) is 20.2. The molecule has 12 rings (SSSR count). The lowest BCUT2D eigenvalue weighted by Gasteiger charge is -2.21. The van der Waals surface area contributed by atoms with Crippen LogP contribution in [-0.2, 0) is 4.57 Å². The monoisotopic (exact) mass is 962 g/mol. The van der Waals surface area contributed by atoms with E-state index in [1.807, 2.05) is 72.8 Å². The molecule has 0 amide bonds. The highest BCUT2D eigenvalue weighted by molar-refractivity contribution is 7.49. The number of rotatable bonds is 12. The summed E-state index contributed by atoms with van der Waals surface area (Å²) in [5.41, 5.74) is 8.27. The number of aromatic nitrogens is 3. The number of pyridine rings is 3. The average molecular weight is 963 g/mol. The molecule has 13 nitrogen and oxygen atoms in total. The van der Waals surface area contributed by atoms with E-state index in [1.54, 1.807) is 72.8 Å². The first-order valence-electron chi connectivity index (χ1n) is 24.4. The number of aromatic amines is 3. The number of nitrogens with one attached hydrogen (secondary N) is 3. The normalized spacial score (nSPS) is 15.1. The van der Waals surface area contributed by atoms with Crippen molar-refractivity contribution >= 4 is 57.6 Å². The Morgan fingerprint density at radius 2 is 0.662 bits per heavy atom. The van der Waals surface area contributed by atoms with Gasteiger partial charge >= 0.3 is 7.82 Å². The Hall–Kier alpha value is -8.02. The van der Waals surface area contributed by atoms with Gasteiger partial charge < -0.3 is 43.2 Å². The first-order valence-corrected chi connectivity index (χ1v) is 25.9. The SMILES string of the molecule is O=c1cc(-c2cccc(OP(=O)(Oc3cccc(-c4cc(=O)c5cc(N6CCCC6)ccc5[nH]4)c3)Oc3cccc(-c4cc(=O)c5cc(N6CCCC6)ccc5[nH]4)c3)c2)[nH]c2ccc(N3CCCC3)cc12. The fraction of sp³-hybridized carbons (Fsp3) is 0.211. The van der Waals surface area contributed by atoms with Gasteiger partial charge in [-0.05, 0) is 130 Å². The van der Waals surface area contributed by atoms with Crippen LogP contribution in [0.4, 0.5) is 17.1 Å². The fourth-order valence-corrected chi connectivity index (χ4v) is 11.5. The first-order chi connectivity index (χ1) is 34.7. The number of benzene rings is 6. The number of fused-ring (bicyclic) bond motifs is 3. The van der Waals surface area contributed by atoms with Crippen molar-refractivity contribution in [2.24, 2.45) is 0 Å². The lowest BCUT2D eigenvalue weighted by molar-refractivity contribution is 0.298. The minimum Gasteiger partial charge on any atom is -0.386 e. The molecule has 0 bridgehead atoms. The molecule has 71 heavy (non-hydrogen) atoms. The van der Waals surface area contributed by atoms with Gasteiger partial charge in [-0.25, -0.2) is 0 Å². The zero-order chi connectivity index (χ0) is 48.1. The van der Waals surface area contributed by atoms with Crippen LogP contribution in [-0.4, -0.2) is 54.2 Å². The molecular weight excluding hydrogens is 912 g/mol. The third-order valence-corrected chi connectivity index (χ3v) is 15.2. The van der Waals surface area contributed by atoms with Crippen molar-refractivity contribution in [1.29, 1.82) is 0 Å². The second-order valence-electron chi connectivity index (χ2n) is 18.7. The van der Waals surface area contributed by atoms with Crippen molar-refractivity contribution in [3.63, 3.8) is 0 Å². The maximum absolute atomic E-state index is 15.3. The van der Waals surface area contributed by atoms with E-state index < -0.39 is 7.82 Å². The summed E-state index contributed by atoms with van der Waals surface area (Å²) in [6.07, 6.45) is 6.80. The summed E-state index contributed by atoms with van der Waals surface area (Å²) in [4.78, 5) is 58.0. The molecule has 3 aliphatic heterocycles. The summed E-state index contributed by atoms with van der Waals surface area (Å²) < 4.78 is 34.2. The zero-order valence-electron chi connectivity index (χ0n) is 39.0.